The van der Waals surface area contributed by atoms with Crippen molar-refractivity contribution in [3.63, 3.8) is 0 Å². The van der Waals surface area contributed by atoms with Crippen molar-refractivity contribution in [1.82, 2.24) is 4.90 Å². The van der Waals surface area contributed by atoms with E-state index in [0.29, 0.717) is 18.8 Å². The Morgan fingerprint density at radius 2 is 1.76 bits per heavy atom. The number of anilines is 2. The Hall–Kier alpha value is -2.96. The molecule has 0 radical (unpaired) electrons. The van der Waals surface area contributed by atoms with Crippen LogP contribution in [0.2, 0.25) is 0 Å². The van der Waals surface area contributed by atoms with Crippen LogP contribution in [0, 0.1) is 11.6 Å². The van der Waals surface area contributed by atoms with Gasteiger partial charge in [0.1, 0.15) is 17.3 Å². The van der Waals surface area contributed by atoms with Gasteiger partial charge in [0.25, 0.3) is 0 Å². The van der Waals surface area contributed by atoms with Gasteiger partial charge in [-0.2, -0.15) is 0 Å². The van der Waals surface area contributed by atoms with Crippen molar-refractivity contribution in [3.8, 4) is 0 Å². The fourth-order valence-electron chi connectivity index (χ4n) is 2.80. The molecule has 0 fully saturated rings. The van der Waals surface area contributed by atoms with Crippen LogP contribution < -0.4 is 10.6 Å². The third-order valence-corrected chi connectivity index (χ3v) is 4.12. The number of para-hydroxylation sites is 1. The molecule has 0 spiro atoms. The highest BCUT2D eigenvalue weighted by Crippen LogP contribution is 2.23. The van der Waals surface area contributed by atoms with Crippen LogP contribution in [0.5, 0.6) is 0 Å². The highest BCUT2D eigenvalue weighted by atomic mass is 19.1. The molecule has 0 atom stereocenters. The molecule has 2 aromatic rings. The molecule has 5 nitrogen and oxygen atoms in total. The van der Waals surface area contributed by atoms with E-state index in [1.807, 2.05) is 6.07 Å². The number of hydrogen-bond acceptors (Lipinski definition) is 2. The van der Waals surface area contributed by atoms with Crippen molar-refractivity contribution in [2.45, 2.75) is 19.9 Å². The lowest BCUT2D eigenvalue weighted by atomic mass is 9.99. The van der Waals surface area contributed by atoms with Gasteiger partial charge in [0.05, 0.1) is 0 Å². The zero-order chi connectivity index (χ0) is 18.0. The molecule has 0 saturated heterocycles. The molecule has 7 heteroatoms. The van der Waals surface area contributed by atoms with Crippen molar-refractivity contribution in [3.05, 3.63) is 59.2 Å². The molecule has 3 rings (SSSR count). The van der Waals surface area contributed by atoms with Gasteiger partial charge in [0, 0.05) is 25.7 Å². The Bertz CT molecular complexity index is 819. The maximum atomic E-state index is 13.6. The van der Waals surface area contributed by atoms with Crippen LogP contribution in [0.3, 0.4) is 0 Å². The summed E-state index contributed by atoms with van der Waals surface area (Å²) in [5, 5.41) is 4.72. The number of carbonyl (C=O) groups is 2. The first-order valence-corrected chi connectivity index (χ1v) is 7.83. The SMILES string of the molecule is CC(=O)N1CCc2ccc(NC(=O)Nc3c(F)cccc3F)cc2C1. The van der Waals surface area contributed by atoms with Gasteiger partial charge < -0.3 is 15.5 Å². The molecule has 0 aromatic heterocycles. The first-order chi connectivity index (χ1) is 11.9. The summed E-state index contributed by atoms with van der Waals surface area (Å²) >= 11 is 0. The van der Waals surface area contributed by atoms with E-state index in [1.54, 1.807) is 17.0 Å². The van der Waals surface area contributed by atoms with Crippen LogP contribution in [0.25, 0.3) is 0 Å². The van der Waals surface area contributed by atoms with Crippen LogP contribution in [-0.4, -0.2) is 23.4 Å². The van der Waals surface area contributed by atoms with Crippen LogP contribution in [0.15, 0.2) is 36.4 Å². The topological polar surface area (TPSA) is 61.4 Å². The Labute approximate surface area is 143 Å². The second-order valence-corrected chi connectivity index (χ2v) is 5.85. The third kappa shape index (κ3) is 3.76. The number of benzene rings is 2. The molecule has 1 aliphatic rings. The highest BCUT2D eigenvalue weighted by Gasteiger charge is 2.19. The summed E-state index contributed by atoms with van der Waals surface area (Å²) in [7, 11) is 0. The van der Waals surface area contributed by atoms with E-state index in [4.69, 9.17) is 0 Å². The Balaban J connectivity index is 1.72. The Kier molecular flexibility index (Phi) is 4.65. The summed E-state index contributed by atoms with van der Waals surface area (Å²) in [5.41, 5.74) is 2.04. The predicted molar refractivity (Wildman–Crippen MR) is 90.2 cm³/mol. The molecule has 0 saturated carbocycles. The fraction of sp³-hybridized carbons (Fsp3) is 0.222. The normalized spacial score (nSPS) is 13.2. The summed E-state index contributed by atoms with van der Waals surface area (Å²) in [6.07, 6.45) is 0.752. The number of nitrogens with one attached hydrogen (secondary N) is 2. The number of amides is 3. The van der Waals surface area contributed by atoms with Gasteiger partial charge in [-0.1, -0.05) is 12.1 Å². The molecule has 0 unspecified atom stereocenters. The second kappa shape index (κ2) is 6.88. The maximum absolute atomic E-state index is 13.6. The lowest BCUT2D eigenvalue weighted by Crippen LogP contribution is -2.34. The molecule has 130 valence electrons. The van der Waals surface area contributed by atoms with Gasteiger partial charge in [-0.15, -0.1) is 0 Å². The molecule has 0 aliphatic carbocycles. The fourth-order valence-corrected chi connectivity index (χ4v) is 2.80. The number of rotatable bonds is 2. The van der Waals surface area contributed by atoms with E-state index in [2.05, 4.69) is 10.6 Å². The van der Waals surface area contributed by atoms with Gasteiger partial charge in [-0.05, 0) is 41.8 Å². The first kappa shape index (κ1) is 16.9. The first-order valence-electron chi connectivity index (χ1n) is 7.83. The van der Waals surface area contributed by atoms with E-state index >= 15 is 0 Å². The maximum Gasteiger partial charge on any atom is 0.323 e. The largest absolute Gasteiger partial charge is 0.338 e. The van der Waals surface area contributed by atoms with Gasteiger partial charge in [-0.3, -0.25) is 4.79 Å². The van der Waals surface area contributed by atoms with Crippen molar-refractivity contribution in [2.24, 2.45) is 0 Å². The molecule has 3 amide bonds. The standard InChI is InChI=1S/C18H17F2N3O2/c1-11(24)23-8-7-12-5-6-14(9-13(12)10-23)21-18(25)22-17-15(19)3-2-4-16(17)20/h2-6,9H,7-8,10H2,1H3,(H2,21,22,25). The van der Waals surface area contributed by atoms with Gasteiger partial charge in [0.2, 0.25) is 5.91 Å². The zero-order valence-electron chi connectivity index (χ0n) is 13.6. The molecular weight excluding hydrogens is 328 g/mol. The third-order valence-electron chi connectivity index (χ3n) is 4.12. The molecule has 25 heavy (non-hydrogen) atoms. The van der Waals surface area contributed by atoms with Crippen molar-refractivity contribution < 1.29 is 18.4 Å². The number of hydrogen-bond donors (Lipinski definition) is 2. The number of nitrogens with zero attached hydrogens (tertiary/aromatic N) is 1. The van der Waals surface area contributed by atoms with Crippen LogP contribution >= 0.6 is 0 Å². The molecule has 1 aliphatic heterocycles. The minimum Gasteiger partial charge on any atom is -0.338 e. The molecular formula is C18H17F2N3O2. The number of urea groups is 1. The molecule has 2 aromatic carbocycles. The van der Waals surface area contributed by atoms with E-state index in [-0.39, 0.29) is 5.91 Å². The summed E-state index contributed by atoms with van der Waals surface area (Å²) in [5.74, 6) is -1.70. The van der Waals surface area contributed by atoms with Crippen molar-refractivity contribution in [2.75, 3.05) is 17.2 Å². The highest BCUT2D eigenvalue weighted by molar-refractivity contribution is 6.00. The van der Waals surface area contributed by atoms with Crippen molar-refractivity contribution in [1.29, 1.82) is 0 Å². The summed E-state index contributed by atoms with van der Waals surface area (Å²) in [6.45, 7) is 2.66. The molecule has 2 N–H and O–H groups in total. The van der Waals surface area contributed by atoms with Crippen LogP contribution in [-0.2, 0) is 17.8 Å². The second-order valence-electron chi connectivity index (χ2n) is 5.85. The summed E-state index contributed by atoms with van der Waals surface area (Å²) in [6, 6.07) is 7.97. The quantitative estimate of drug-likeness (QED) is 0.875. The minimum atomic E-state index is -0.849. The summed E-state index contributed by atoms with van der Waals surface area (Å²) < 4.78 is 27.1. The van der Waals surface area contributed by atoms with E-state index in [0.717, 1.165) is 29.7 Å². The van der Waals surface area contributed by atoms with E-state index in [9.17, 15) is 18.4 Å². The van der Waals surface area contributed by atoms with Crippen molar-refractivity contribution >= 4 is 23.3 Å². The average Bonchev–Trinajstić information content (AvgIpc) is 2.57. The van der Waals surface area contributed by atoms with Gasteiger partial charge in [0.15, 0.2) is 0 Å². The number of fused-ring (bicyclic) bond motifs is 1. The van der Waals surface area contributed by atoms with Crippen LogP contribution in [0.4, 0.5) is 25.0 Å². The van der Waals surface area contributed by atoms with Crippen LogP contribution in [0.1, 0.15) is 18.1 Å². The lowest BCUT2D eigenvalue weighted by molar-refractivity contribution is -0.129. The Morgan fingerprint density at radius 1 is 1.04 bits per heavy atom. The van der Waals surface area contributed by atoms with E-state index in [1.165, 1.54) is 13.0 Å². The summed E-state index contributed by atoms with van der Waals surface area (Å²) in [4.78, 5) is 25.2. The average molecular weight is 345 g/mol. The minimum absolute atomic E-state index is 0.00298. The zero-order valence-corrected chi connectivity index (χ0v) is 13.6. The van der Waals surface area contributed by atoms with E-state index < -0.39 is 23.4 Å². The van der Waals surface area contributed by atoms with Gasteiger partial charge in [-0.25, -0.2) is 13.6 Å². The predicted octanol–water partition coefficient (Wildman–Crippen LogP) is 3.51. The molecule has 0 bridgehead atoms. The monoisotopic (exact) mass is 345 g/mol. The number of halogens is 2. The number of carbonyl (C=O) groups excluding carboxylic acids is 2. The molecule has 1 heterocycles. The Morgan fingerprint density at radius 3 is 2.44 bits per heavy atom. The lowest BCUT2D eigenvalue weighted by Gasteiger charge is -2.28. The smallest absolute Gasteiger partial charge is 0.323 e. The van der Waals surface area contributed by atoms with Gasteiger partial charge >= 0.3 is 6.03 Å².